The second-order valence-electron chi connectivity index (χ2n) is 3.89. The number of nitrogens with two attached hydrogens (primary N) is 1. The normalized spacial score (nSPS) is 10.8. The van der Waals surface area contributed by atoms with Crippen molar-refractivity contribution in [3.8, 4) is 0 Å². The lowest BCUT2D eigenvalue weighted by Gasteiger charge is -2.01. The van der Waals surface area contributed by atoms with Crippen molar-refractivity contribution < 1.29 is 9.18 Å². The van der Waals surface area contributed by atoms with Crippen LogP contribution in [-0.2, 0) is 0 Å². The number of halogens is 1. The quantitative estimate of drug-likeness (QED) is 0.708. The van der Waals surface area contributed by atoms with Gasteiger partial charge in [-0.2, -0.15) is 4.68 Å². The highest BCUT2D eigenvalue weighted by Gasteiger charge is 2.12. The van der Waals surface area contributed by atoms with E-state index in [0.717, 1.165) is 4.68 Å². The molecule has 0 aliphatic carbocycles. The molecule has 0 saturated heterocycles. The molecule has 3 aromatic rings. The molecule has 0 aliphatic heterocycles. The number of hydrogen-bond donors (Lipinski definition) is 1. The third kappa shape index (κ3) is 2.01. The van der Waals surface area contributed by atoms with E-state index in [4.69, 9.17) is 5.73 Å². The zero-order valence-electron chi connectivity index (χ0n) is 9.62. The highest BCUT2D eigenvalue weighted by molar-refractivity contribution is 5.95. The molecule has 2 heterocycles. The van der Waals surface area contributed by atoms with E-state index in [-0.39, 0.29) is 17.5 Å². The van der Waals surface area contributed by atoms with Gasteiger partial charge in [0.05, 0.1) is 5.52 Å². The highest BCUT2D eigenvalue weighted by Crippen LogP contribution is 2.14. The van der Waals surface area contributed by atoms with Crippen LogP contribution in [0, 0.1) is 5.82 Å². The summed E-state index contributed by atoms with van der Waals surface area (Å²) in [5, 5.41) is 4.34. The van der Waals surface area contributed by atoms with E-state index in [1.807, 2.05) is 0 Å². The molecule has 2 N–H and O–H groups in total. The number of hydrogen-bond acceptors (Lipinski definition) is 5. The fraction of sp³-hybridized carbons (Fsp3) is 0. The minimum absolute atomic E-state index is 0.0104. The van der Waals surface area contributed by atoms with Gasteiger partial charge in [0, 0.05) is 5.39 Å². The topological polar surface area (TPSA) is 86.7 Å². The number of pyridine rings is 1. The lowest BCUT2D eigenvalue weighted by molar-refractivity contribution is 0.0940. The Morgan fingerprint density at radius 3 is 2.84 bits per heavy atom. The average molecular weight is 257 g/mol. The molecular weight excluding hydrogens is 249 g/mol. The number of benzene rings is 1. The van der Waals surface area contributed by atoms with Crippen LogP contribution in [0.15, 0.2) is 36.7 Å². The van der Waals surface area contributed by atoms with Crippen LogP contribution in [0.5, 0.6) is 0 Å². The van der Waals surface area contributed by atoms with Crippen LogP contribution in [0.4, 0.5) is 10.3 Å². The number of anilines is 1. The van der Waals surface area contributed by atoms with Gasteiger partial charge in [0.2, 0.25) is 5.95 Å². The van der Waals surface area contributed by atoms with Crippen molar-refractivity contribution in [1.29, 1.82) is 0 Å². The van der Waals surface area contributed by atoms with Gasteiger partial charge >= 0.3 is 0 Å². The van der Waals surface area contributed by atoms with E-state index in [9.17, 15) is 9.18 Å². The fourth-order valence-corrected chi connectivity index (χ4v) is 1.71. The van der Waals surface area contributed by atoms with Crippen molar-refractivity contribution in [3.05, 3.63) is 48.2 Å². The van der Waals surface area contributed by atoms with E-state index in [1.165, 1.54) is 30.6 Å². The SMILES string of the molecule is Nc1ncn(C(=O)c2ccc3cc(F)ccc3n2)n1. The van der Waals surface area contributed by atoms with Gasteiger partial charge in [-0.3, -0.25) is 4.79 Å². The van der Waals surface area contributed by atoms with Gasteiger partial charge in [-0.05, 0) is 24.3 Å². The first-order chi connectivity index (χ1) is 9.13. The third-order valence-electron chi connectivity index (χ3n) is 2.59. The molecule has 0 radical (unpaired) electrons. The smallest absolute Gasteiger partial charge is 0.298 e. The number of fused-ring (bicyclic) bond motifs is 1. The van der Waals surface area contributed by atoms with Crippen LogP contribution in [0.1, 0.15) is 10.5 Å². The van der Waals surface area contributed by atoms with E-state index in [0.29, 0.717) is 10.9 Å². The van der Waals surface area contributed by atoms with Crippen molar-refractivity contribution in [2.45, 2.75) is 0 Å². The molecule has 6 nitrogen and oxygen atoms in total. The molecule has 1 aromatic carbocycles. The molecule has 0 saturated carbocycles. The Morgan fingerprint density at radius 2 is 2.11 bits per heavy atom. The number of carbonyl (C=O) groups excluding carboxylic acids is 1. The average Bonchev–Trinajstić information content (AvgIpc) is 2.84. The van der Waals surface area contributed by atoms with Crippen LogP contribution >= 0.6 is 0 Å². The molecule has 0 spiro atoms. The number of nitrogens with zero attached hydrogens (tertiary/aromatic N) is 4. The lowest BCUT2D eigenvalue weighted by atomic mass is 10.2. The molecule has 0 amide bonds. The molecule has 0 fully saturated rings. The molecule has 94 valence electrons. The van der Waals surface area contributed by atoms with Gasteiger partial charge in [0.1, 0.15) is 17.8 Å². The highest BCUT2D eigenvalue weighted by atomic mass is 19.1. The Morgan fingerprint density at radius 1 is 1.26 bits per heavy atom. The molecule has 0 unspecified atom stereocenters. The number of nitrogen functional groups attached to an aromatic ring is 1. The predicted molar refractivity (Wildman–Crippen MR) is 65.9 cm³/mol. The van der Waals surface area contributed by atoms with Crippen LogP contribution in [0.25, 0.3) is 10.9 Å². The maximum Gasteiger partial charge on any atom is 0.298 e. The summed E-state index contributed by atoms with van der Waals surface area (Å²) in [5.41, 5.74) is 6.06. The monoisotopic (exact) mass is 257 g/mol. The number of carbonyl (C=O) groups is 1. The fourth-order valence-electron chi connectivity index (χ4n) is 1.71. The van der Waals surface area contributed by atoms with Gasteiger partial charge < -0.3 is 5.73 Å². The molecule has 0 aliphatic rings. The van der Waals surface area contributed by atoms with Gasteiger partial charge in [-0.25, -0.2) is 14.4 Å². The number of aromatic nitrogens is 4. The zero-order chi connectivity index (χ0) is 13.4. The molecule has 2 aromatic heterocycles. The van der Waals surface area contributed by atoms with Crippen molar-refractivity contribution in [2.24, 2.45) is 0 Å². The largest absolute Gasteiger partial charge is 0.366 e. The Bertz CT molecular complexity index is 783. The van der Waals surface area contributed by atoms with Crippen LogP contribution in [0.2, 0.25) is 0 Å². The molecule has 3 rings (SSSR count). The summed E-state index contributed by atoms with van der Waals surface area (Å²) in [7, 11) is 0. The minimum Gasteiger partial charge on any atom is -0.366 e. The van der Waals surface area contributed by atoms with Gasteiger partial charge in [0.25, 0.3) is 5.91 Å². The van der Waals surface area contributed by atoms with Crippen molar-refractivity contribution in [1.82, 2.24) is 19.7 Å². The summed E-state index contributed by atoms with van der Waals surface area (Å²) < 4.78 is 14.0. The molecular formula is C12H8FN5O. The van der Waals surface area contributed by atoms with Crippen LogP contribution in [0.3, 0.4) is 0 Å². The standard InChI is InChI=1S/C12H8FN5O/c13-8-2-4-9-7(5-8)1-3-10(16-9)11(19)18-6-15-12(14)17-18/h1-6H,(H2,14,17). The second kappa shape index (κ2) is 4.13. The van der Waals surface area contributed by atoms with Crippen molar-refractivity contribution >= 4 is 22.8 Å². The summed E-state index contributed by atoms with van der Waals surface area (Å²) in [4.78, 5) is 19.9. The molecule has 0 bridgehead atoms. The van der Waals surface area contributed by atoms with E-state index in [2.05, 4.69) is 15.1 Å². The van der Waals surface area contributed by atoms with Gasteiger partial charge in [-0.15, -0.1) is 5.10 Å². The first-order valence-electron chi connectivity index (χ1n) is 5.41. The lowest BCUT2D eigenvalue weighted by Crippen LogP contribution is -2.14. The molecule has 0 atom stereocenters. The maximum absolute atomic E-state index is 13.0. The maximum atomic E-state index is 13.0. The van der Waals surface area contributed by atoms with Gasteiger partial charge in [-0.1, -0.05) is 6.07 Å². The molecule has 7 heteroatoms. The zero-order valence-corrected chi connectivity index (χ0v) is 9.62. The van der Waals surface area contributed by atoms with E-state index in [1.54, 1.807) is 6.07 Å². The first kappa shape index (κ1) is 11.3. The minimum atomic E-state index is -0.449. The second-order valence-corrected chi connectivity index (χ2v) is 3.89. The van der Waals surface area contributed by atoms with Crippen molar-refractivity contribution in [2.75, 3.05) is 5.73 Å². The number of rotatable bonds is 1. The summed E-state index contributed by atoms with van der Waals surface area (Å²) >= 11 is 0. The Balaban J connectivity index is 2.06. The van der Waals surface area contributed by atoms with Gasteiger partial charge in [0.15, 0.2) is 0 Å². The summed E-state index contributed by atoms with van der Waals surface area (Å²) in [6.45, 7) is 0. The van der Waals surface area contributed by atoms with E-state index < -0.39 is 5.91 Å². The first-order valence-corrected chi connectivity index (χ1v) is 5.41. The molecule has 19 heavy (non-hydrogen) atoms. The van der Waals surface area contributed by atoms with Crippen LogP contribution < -0.4 is 5.73 Å². The summed E-state index contributed by atoms with van der Waals surface area (Å²) in [5.74, 6) is -0.788. The summed E-state index contributed by atoms with van der Waals surface area (Å²) in [6, 6.07) is 7.28. The summed E-state index contributed by atoms with van der Waals surface area (Å²) in [6.07, 6.45) is 1.22. The Hall–Kier alpha value is -2.83. The third-order valence-corrected chi connectivity index (χ3v) is 2.59. The predicted octanol–water partition coefficient (Wildman–Crippen LogP) is 1.24. The van der Waals surface area contributed by atoms with Crippen LogP contribution in [-0.4, -0.2) is 25.7 Å². The van der Waals surface area contributed by atoms with E-state index >= 15 is 0 Å². The Kier molecular flexibility index (Phi) is 2.45. The van der Waals surface area contributed by atoms with Crippen molar-refractivity contribution in [3.63, 3.8) is 0 Å². The Labute approximate surface area is 106 Å².